The molecule has 6 heteroatoms. The molecule has 0 aliphatic heterocycles. The third-order valence-electron chi connectivity index (χ3n) is 3.89. The predicted molar refractivity (Wildman–Crippen MR) is 100 cm³/mol. The van der Waals surface area contributed by atoms with Crippen LogP contribution in [0.5, 0.6) is 0 Å². The number of amides is 2. The van der Waals surface area contributed by atoms with Crippen molar-refractivity contribution in [1.29, 1.82) is 0 Å². The average Bonchev–Trinajstić information content (AvgIpc) is 3.12. The van der Waals surface area contributed by atoms with Crippen LogP contribution in [-0.4, -0.2) is 19.2 Å². The van der Waals surface area contributed by atoms with E-state index in [1.807, 2.05) is 31.2 Å². The number of halogens is 1. The topological polar surface area (TPSA) is 63.5 Å². The number of hydrogen-bond donors (Lipinski definition) is 2. The van der Waals surface area contributed by atoms with Gasteiger partial charge < -0.3 is 19.8 Å². The second-order valence-electron chi connectivity index (χ2n) is 5.63. The number of nitrogens with one attached hydrogen (secondary N) is 2. The fourth-order valence-corrected chi connectivity index (χ4v) is 2.86. The van der Waals surface area contributed by atoms with Gasteiger partial charge in [-0.15, -0.1) is 0 Å². The first-order valence-electron chi connectivity index (χ1n) is 8.60. The van der Waals surface area contributed by atoms with E-state index in [1.165, 1.54) is 0 Å². The van der Waals surface area contributed by atoms with Gasteiger partial charge in [0.1, 0.15) is 12.4 Å². The van der Waals surface area contributed by atoms with Gasteiger partial charge in [-0.05, 0) is 48.6 Å². The van der Waals surface area contributed by atoms with Gasteiger partial charge in [-0.1, -0.05) is 31.5 Å². The molecule has 0 aliphatic rings. The van der Waals surface area contributed by atoms with Crippen LogP contribution >= 0.6 is 11.6 Å². The largest absolute Gasteiger partial charge is 0.467 e. The zero-order valence-electron chi connectivity index (χ0n) is 14.7. The smallest absolute Gasteiger partial charge is 0.319 e. The molecule has 2 rings (SSSR count). The van der Waals surface area contributed by atoms with Gasteiger partial charge in [0.25, 0.3) is 0 Å². The first kappa shape index (κ1) is 19.3. The number of carbonyl (C=O) groups excluding carboxylic acids is 1. The molecule has 5 nitrogen and oxygen atoms in total. The molecule has 0 radical (unpaired) electrons. The van der Waals surface area contributed by atoms with Crippen LogP contribution in [0.3, 0.4) is 0 Å². The monoisotopic (exact) mass is 364 g/mol. The second-order valence-corrected chi connectivity index (χ2v) is 6.04. The van der Waals surface area contributed by atoms with Crippen molar-refractivity contribution < 1.29 is 13.9 Å². The standard InChI is InChI=1S/C19H25ClN2O3/c1-3-14-8-9-17(20)16(4-2)18(14)22-19(23)21-10-6-11-24-13-15-7-5-12-25-15/h5,7-9,12H,3-4,6,10-11,13H2,1-2H3,(H2,21,22,23). The quantitative estimate of drug-likeness (QED) is 0.629. The lowest BCUT2D eigenvalue weighted by Crippen LogP contribution is -2.31. The van der Waals surface area contributed by atoms with Crippen LogP contribution in [0.2, 0.25) is 5.02 Å². The molecule has 2 amide bonds. The highest BCUT2D eigenvalue weighted by molar-refractivity contribution is 6.31. The van der Waals surface area contributed by atoms with E-state index in [2.05, 4.69) is 17.6 Å². The highest BCUT2D eigenvalue weighted by Crippen LogP contribution is 2.29. The molecular formula is C19H25ClN2O3. The van der Waals surface area contributed by atoms with E-state index in [4.69, 9.17) is 20.8 Å². The van der Waals surface area contributed by atoms with Gasteiger partial charge in [0.15, 0.2) is 0 Å². The van der Waals surface area contributed by atoms with Crippen molar-refractivity contribution in [2.24, 2.45) is 0 Å². The minimum Gasteiger partial charge on any atom is -0.467 e. The number of ether oxygens (including phenoxy) is 1. The molecule has 136 valence electrons. The molecule has 1 aromatic carbocycles. The summed E-state index contributed by atoms with van der Waals surface area (Å²) in [5, 5.41) is 6.48. The van der Waals surface area contributed by atoms with E-state index >= 15 is 0 Å². The Labute approximate surface area is 153 Å². The summed E-state index contributed by atoms with van der Waals surface area (Å²) in [6, 6.07) is 7.32. The molecule has 1 heterocycles. The molecule has 0 saturated heterocycles. The zero-order valence-corrected chi connectivity index (χ0v) is 15.5. The summed E-state index contributed by atoms with van der Waals surface area (Å²) >= 11 is 6.25. The molecular weight excluding hydrogens is 340 g/mol. The second kappa shape index (κ2) is 10.1. The van der Waals surface area contributed by atoms with Crippen molar-refractivity contribution in [1.82, 2.24) is 5.32 Å². The van der Waals surface area contributed by atoms with Crippen LogP contribution in [0.15, 0.2) is 34.9 Å². The first-order valence-corrected chi connectivity index (χ1v) is 8.98. The Morgan fingerprint density at radius 1 is 1.24 bits per heavy atom. The summed E-state index contributed by atoms with van der Waals surface area (Å²) in [5.74, 6) is 0.797. The van der Waals surface area contributed by atoms with E-state index in [0.29, 0.717) is 24.8 Å². The van der Waals surface area contributed by atoms with Crippen molar-refractivity contribution in [2.45, 2.75) is 39.7 Å². The van der Waals surface area contributed by atoms with Gasteiger partial charge in [0, 0.05) is 18.2 Å². The Bertz CT molecular complexity index is 672. The van der Waals surface area contributed by atoms with Gasteiger partial charge in [-0.2, -0.15) is 0 Å². The Morgan fingerprint density at radius 2 is 2.08 bits per heavy atom. The molecule has 0 saturated carbocycles. The van der Waals surface area contributed by atoms with Gasteiger partial charge in [0.2, 0.25) is 0 Å². The summed E-state index contributed by atoms with van der Waals surface area (Å²) in [5.41, 5.74) is 2.88. The SMILES string of the molecule is CCc1ccc(Cl)c(CC)c1NC(=O)NCCCOCc1ccco1. The number of hydrogen-bond acceptors (Lipinski definition) is 3. The number of aryl methyl sites for hydroxylation is 1. The zero-order chi connectivity index (χ0) is 18.1. The number of benzene rings is 1. The number of furan rings is 1. The minimum atomic E-state index is -0.224. The van der Waals surface area contributed by atoms with Crippen LogP contribution in [0.4, 0.5) is 10.5 Å². The van der Waals surface area contributed by atoms with E-state index in [-0.39, 0.29) is 6.03 Å². The van der Waals surface area contributed by atoms with Crippen molar-refractivity contribution in [3.8, 4) is 0 Å². The molecule has 0 spiro atoms. The lowest BCUT2D eigenvalue weighted by atomic mass is 10.0. The maximum Gasteiger partial charge on any atom is 0.319 e. The molecule has 0 aliphatic carbocycles. The highest BCUT2D eigenvalue weighted by atomic mass is 35.5. The van der Waals surface area contributed by atoms with Crippen molar-refractivity contribution in [3.63, 3.8) is 0 Å². The van der Waals surface area contributed by atoms with Crippen molar-refractivity contribution in [3.05, 3.63) is 52.4 Å². The number of anilines is 1. The summed E-state index contributed by atoms with van der Waals surface area (Å²) in [6.45, 7) is 5.62. The summed E-state index contributed by atoms with van der Waals surface area (Å²) < 4.78 is 10.7. The maximum absolute atomic E-state index is 12.2. The number of rotatable bonds is 9. The number of carbonyl (C=O) groups is 1. The van der Waals surface area contributed by atoms with Crippen LogP contribution in [0.1, 0.15) is 37.2 Å². The van der Waals surface area contributed by atoms with Crippen LogP contribution in [0.25, 0.3) is 0 Å². The fourth-order valence-electron chi connectivity index (χ4n) is 2.57. The van der Waals surface area contributed by atoms with E-state index in [9.17, 15) is 4.79 Å². The molecule has 0 atom stereocenters. The molecule has 0 bridgehead atoms. The third kappa shape index (κ3) is 5.80. The summed E-state index contributed by atoms with van der Waals surface area (Å²) in [7, 11) is 0. The molecule has 0 unspecified atom stereocenters. The molecule has 25 heavy (non-hydrogen) atoms. The van der Waals surface area contributed by atoms with Crippen molar-refractivity contribution in [2.75, 3.05) is 18.5 Å². The van der Waals surface area contributed by atoms with Crippen LogP contribution < -0.4 is 10.6 Å². The van der Waals surface area contributed by atoms with Gasteiger partial charge in [-0.3, -0.25) is 0 Å². The van der Waals surface area contributed by atoms with E-state index in [0.717, 1.165) is 41.8 Å². The first-order chi connectivity index (χ1) is 12.2. The fraction of sp³-hybridized carbons (Fsp3) is 0.421. The molecule has 2 aromatic rings. The minimum absolute atomic E-state index is 0.224. The Kier molecular flexibility index (Phi) is 7.82. The van der Waals surface area contributed by atoms with Gasteiger partial charge in [0.05, 0.1) is 12.0 Å². The lowest BCUT2D eigenvalue weighted by Gasteiger charge is -2.16. The Hall–Kier alpha value is -1.98. The van der Waals surface area contributed by atoms with E-state index in [1.54, 1.807) is 6.26 Å². The third-order valence-corrected chi connectivity index (χ3v) is 4.24. The van der Waals surface area contributed by atoms with E-state index < -0.39 is 0 Å². The summed E-state index contributed by atoms with van der Waals surface area (Å²) in [4.78, 5) is 12.2. The predicted octanol–water partition coefficient (Wildman–Crippen LogP) is 4.79. The molecule has 0 fully saturated rings. The van der Waals surface area contributed by atoms with Gasteiger partial charge in [-0.25, -0.2) is 4.79 Å². The number of urea groups is 1. The molecule has 1 aromatic heterocycles. The molecule has 2 N–H and O–H groups in total. The van der Waals surface area contributed by atoms with Crippen LogP contribution in [0, 0.1) is 0 Å². The normalized spacial score (nSPS) is 10.7. The lowest BCUT2D eigenvalue weighted by molar-refractivity contribution is 0.104. The Balaban J connectivity index is 1.75. The van der Waals surface area contributed by atoms with Crippen molar-refractivity contribution >= 4 is 23.3 Å². The average molecular weight is 365 g/mol. The Morgan fingerprint density at radius 3 is 2.76 bits per heavy atom. The summed E-state index contributed by atoms with van der Waals surface area (Å²) in [6.07, 6.45) is 3.95. The highest BCUT2D eigenvalue weighted by Gasteiger charge is 2.12. The maximum atomic E-state index is 12.2. The van der Waals surface area contributed by atoms with Gasteiger partial charge >= 0.3 is 6.03 Å². The van der Waals surface area contributed by atoms with Crippen LogP contribution in [-0.2, 0) is 24.2 Å².